The number of halogens is 1. The zero-order chi connectivity index (χ0) is 12.2. The lowest BCUT2D eigenvalue weighted by molar-refractivity contribution is 0.482. The van der Waals surface area contributed by atoms with Crippen LogP contribution in [0.2, 0.25) is 0 Å². The van der Waals surface area contributed by atoms with E-state index in [-0.39, 0.29) is 11.2 Å². The molecule has 1 aromatic carbocycles. The Kier molecular flexibility index (Phi) is 4.19. The average molecular weight is 238 g/mol. The number of rotatable bonds is 4. The minimum Gasteiger partial charge on any atom is -0.399 e. The standard InChI is InChI=1S/C12H15FN2S/c1-12(2,8-14)3-4-16-11-6-9(13)5-10(15)7-11/h5-7H,3-4,15H2,1-2H3. The van der Waals surface area contributed by atoms with E-state index in [4.69, 9.17) is 11.0 Å². The Morgan fingerprint density at radius 1 is 1.44 bits per heavy atom. The quantitative estimate of drug-likeness (QED) is 0.645. The van der Waals surface area contributed by atoms with Gasteiger partial charge in [0.2, 0.25) is 0 Å². The van der Waals surface area contributed by atoms with Crippen molar-refractivity contribution in [1.29, 1.82) is 5.26 Å². The summed E-state index contributed by atoms with van der Waals surface area (Å²) in [6, 6.07) is 6.74. The number of nitrogens with zero attached hydrogens (tertiary/aromatic N) is 1. The molecule has 4 heteroatoms. The smallest absolute Gasteiger partial charge is 0.126 e. The van der Waals surface area contributed by atoms with E-state index in [1.807, 2.05) is 13.8 Å². The highest BCUT2D eigenvalue weighted by atomic mass is 32.2. The summed E-state index contributed by atoms with van der Waals surface area (Å²) in [7, 11) is 0. The SMILES string of the molecule is CC(C)(C#N)CCSc1cc(N)cc(F)c1. The molecule has 0 aliphatic heterocycles. The van der Waals surface area contributed by atoms with Gasteiger partial charge in [0.15, 0.2) is 0 Å². The van der Waals surface area contributed by atoms with E-state index in [2.05, 4.69) is 6.07 Å². The highest BCUT2D eigenvalue weighted by Crippen LogP contribution is 2.27. The van der Waals surface area contributed by atoms with Gasteiger partial charge < -0.3 is 5.73 Å². The van der Waals surface area contributed by atoms with Gasteiger partial charge >= 0.3 is 0 Å². The van der Waals surface area contributed by atoms with E-state index in [9.17, 15) is 4.39 Å². The average Bonchev–Trinajstić information content (AvgIpc) is 2.16. The molecule has 0 aliphatic carbocycles. The summed E-state index contributed by atoms with van der Waals surface area (Å²) >= 11 is 1.52. The molecule has 0 aromatic heterocycles. The molecule has 2 N–H and O–H groups in total. The van der Waals surface area contributed by atoms with Crippen LogP contribution in [0.15, 0.2) is 23.1 Å². The van der Waals surface area contributed by atoms with Gasteiger partial charge in [0.05, 0.1) is 11.5 Å². The fourth-order valence-electron chi connectivity index (χ4n) is 1.15. The number of hydrogen-bond donors (Lipinski definition) is 1. The summed E-state index contributed by atoms with van der Waals surface area (Å²) in [6.45, 7) is 3.79. The van der Waals surface area contributed by atoms with Gasteiger partial charge in [0.1, 0.15) is 5.82 Å². The van der Waals surface area contributed by atoms with Gasteiger partial charge in [-0.1, -0.05) is 0 Å². The van der Waals surface area contributed by atoms with Crippen LogP contribution in [0.4, 0.5) is 10.1 Å². The predicted molar refractivity (Wildman–Crippen MR) is 65.5 cm³/mol. The van der Waals surface area contributed by atoms with Crippen LogP contribution < -0.4 is 5.73 Å². The maximum Gasteiger partial charge on any atom is 0.126 e. The van der Waals surface area contributed by atoms with Crippen LogP contribution in [0, 0.1) is 22.6 Å². The van der Waals surface area contributed by atoms with Crippen LogP contribution in [-0.2, 0) is 0 Å². The zero-order valence-corrected chi connectivity index (χ0v) is 10.3. The van der Waals surface area contributed by atoms with Crippen molar-refractivity contribution in [2.24, 2.45) is 5.41 Å². The summed E-state index contributed by atoms with van der Waals surface area (Å²) in [5.74, 6) is 0.464. The number of nitrogens with two attached hydrogens (primary N) is 1. The number of hydrogen-bond acceptors (Lipinski definition) is 3. The summed E-state index contributed by atoms with van der Waals surface area (Å²) in [6.07, 6.45) is 0.768. The van der Waals surface area contributed by atoms with Crippen LogP contribution >= 0.6 is 11.8 Å². The van der Waals surface area contributed by atoms with Crippen LogP contribution in [-0.4, -0.2) is 5.75 Å². The van der Waals surface area contributed by atoms with Crippen LogP contribution in [0.5, 0.6) is 0 Å². The van der Waals surface area contributed by atoms with Crippen LogP contribution in [0.25, 0.3) is 0 Å². The normalized spacial score (nSPS) is 11.1. The molecule has 0 radical (unpaired) electrons. The fourth-order valence-corrected chi connectivity index (χ4v) is 2.41. The van der Waals surface area contributed by atoms with Crippen molar-refractivity contribution in [3.05, 3.63) is 24.0 Å². The Hall–Kier alpha value is -1.21. The lowest BCUT2D eigenvalue weighted by Crippen LogP contribution is -2.08. The van der Waals surface area contributed by atoms with Gasteiger partial charge in [0.25, 0.3) is 0 Å². The minimum atomic E-state index is -0.328. The Morgan fingerprint density at radius 2 is 2.12 bits per heavy atom. The third kappa shape index (κ3) is 4.11. The molecule has 0 saturated carbocycles. The molecule has 0 unspecified atom stereocenters. The van der Waals surface area contributed by atoms with Crippen molar-refractivity contribution in [3.8, 4) is 6.07 Å². The molecule has 0 amide bonds. The van der Waals surface area contributed by atoms with E-state index in [0.717, 1.165) is 17.1 Å². The first-order valence-electron chi connectivity index (χ1n) is 5.03. The molecule has 86 valence electrons. The third-order valence-corrected chi connectivity index (χ3v) is 3.17. The van der Waals surface area contributed by atoms with Crippen LogP contribution in [0.3, 0.4) is 0 Å². The Balaban J connectivity index is 2.53. The predicted octanol–water partition coefficient (Wildman–Crippen LogP) is 3.44. The molecular weight excluding hydrogens is 223 g/mol. The molecule has 0 bridgehead atoms. The van der Waals surface area contributed by atoms with Crippen molar-refractivity contribution in [3.63, 3.8) is 0 Å². The molecule has 0 spiro atoms. The molecule has 0 fully saturated rings. The first-order chi connectivity index (χ1) is 7.43. The van der Waals surface area contributed by atoms with Gasteiger partial charge in [-0.25, -0.2) is 4.39 Å². The lowest BCUT2D eigenvalue weighted by Gasteiger charge is -2.14. The fraction of sp³-hybridized carbons (Fsp3) is 0.417. The number of benzene rings is 1. The molecule has 0 atom stereocenters. The largest absolute Gasteiger partial charge is 0.399 e. The molecule has 1 aromatic rings. The maximum atomic E-state index is 13.0. The number of anilines is 1. The Bertz CT molecular complexity index is 390. The van der Waals surface area contributed by atoms with E-state index >= 15 is 0 Å². The third-order valence-electron chi connectivity index (χ3n) is 2.19. The second kappa shape index (κ2) is 5.22. The van der Waals surface area contributed by atoms with Gasteiger partial charge in [-0.2, -0.15) is 5.26 Å². The first-order valence-corrected chi connectivity index (χ1v) is 6.02. The molecule has 0 saturated heterocycles. The number of thioether (sulfide) groups is 1. The van der Waals surface area contributed by atoms with E-state index in [0.29, 0.717) is 5.69 Å². The Morgan fingerprint density at radius 3 is 2.69 bits per heavy atom. The van der Waals surface area contributed by atoms with Crippen molar-refractivity contribution in [1.82, 2.24) is 0 Å². The van der Waals surface area contributed by atoms with Crippen molar-refractivity contribution in [2.45, 2.75) is 25.2 Å². The Labute approximate surface area is 99.6 Å². The second-order valence-corrected chi connectivity index (χ2v) is 5.48. The summed E-state index contributed by atoms with van der Waals surface area (Å²) in [5, 5.41) is 8.84. The molecule has 0 aliphatic rings. The highest BCUT2D eigenvalue weighted by molar-refractivity contribution is 7.99. The summed E-state index contributed by atoms with van der Waals surface area (Å²) in [5.41, 5.74) is 5.64. The minimum absolute atomic E-state index is 0.318. The topological polar surface area (TPSA) is 49.8 Å². The molecule has 0 heterocycles. The van der Waals surface area contributed by atoms with Crippen LogP contribution in [0.1, 0.15) is 20.3 Å². The van der Waals surface area contributed by atoms with Crippen molar-refractivity contribution in [2.75, 3.05) is 11.5 Å². The number of nitriles is 1. The molecule has 16 heavy (non-hydrogen) atoms. The highest BCUT2D eigenvalue weighted by Gasteiger charge is 2.15. The summed E-state index contributed by atoms with van der Waals surface area (Å²) < 4.78 is 13.0. The summed E-state index contributed by atoms with van der Waals surface area (Å²) in [4.78, 5) is 0.811. The molecule has 2 nitrogen and oxygen atoms in total. The van der Waals surface area contributed by atoms with Gasteiger partial charge in [-0.15, -0.1) is 11.8 Å². The second-order valence-electron chi connectivity index (χ2n) is 4.31. The maximum absolute atomic E-state index is 13.0. The number of nitrogen functional groups attached to an aromatic ring is 1. The van der Waals surface area contributed by atoms with Crippen molar-refractivity contribution < 1.29 is 4.39 Å². The first kappa shape index (κ1) is 12.9. The monoisotopic (exact) mass is 238 g/mol. The van der Waals surface area contributed by atoms with E-state index < -0.39 is 0 Å². The molecular formula is C12H15FN2S. The van der Waals surface area contributed by atoms with Gasteiger partial charge in [0, 0.05) is 10.6 Å². The zero-order valence-electron chi connectivity index (χ0n) is 9.46. The van der Waals surface area contributed by atoms with Gasteiger partial charge in [-0.05, 0) is 44.2 Å². The van der Waals surface area contributed by atoms with E-state index in [1.165, 1.54) is 23.9 Å². The molecule has 1 rings (SSSR count). The van der Waals surface area contributed by atoms with Gasteiger partial charge in [-0.3, -0.25) is 0 Å². The van der Waals surface area contributed by atoms with Crippen molar-refractivity contribution >= 4 is 17.4 Å². The van der Waals surface area contributed by atoms with E-state index in [1.54, 1.807) is 6.07 Å². The lowest BCUT2D eigenvalue weighted by atomic mass is 9.93.